The molecule has 0 fully saturated rings. The Morgan fingerprint density at radius 1 is 0.431 bits per heavy atom. The Labute approximate surface area is 394 Å². The molecule has 0 bridgehead atoms. The SMILES string of the molecule is CCCCCCCCCc1cc(Cc2cc(CCCCCCCCC)cc(C(C)(C)c3ccccc3)c2OC(=O)OC(C)(C)C)c(OC(=O)OC(C)(C)C)c(C(C)(C)c2ccccc2)c1. The van der Waals surface area contributed by atoms with Gasteiger partial charge in [0.25, 0.3) is 0 Å². The number of unbranched alkanes of at least 4 members (excludes halogenated alkanes) is 12. The topological polar surface area (TPSA) is 71.1 Å². The van der Waals surface area contributed by atoms with Gasteiger partial charge in [-0.05, 0) is 89.5 Å². The Hall–Kier alpha value is -4.58. The second-order valence-electron chi connectivity index (χ2n) is 21.3. The fourth-order valence-corrected chi connectivity index (χ4v) is 8.74. The zero-order chi connectivity index (χ0) is 47.7. The average molecular weight is 889 g/mol. The lowest BCUT2D eigenvalue weighted by Gasteiger charge is -2.32. The Kier molecular flexibility index (Phi) is 20.2. The van der Waals surface area contributed by atoms with Gasteiger partial charge in [0.2, 0.25) is 0 Å². The Bertz CT molecular complexity index is 1920. The first kappa shape index (κ1) is 53.0. The molecule has 6 heteroatoms. The van der Waals surface area contributed by atoms with Crippen LogP contribution in [0.25, 0.3) is 0 Å². The third-order valence-corrected chi connectivity index (χ3v) is 12.5. The molecule has 6 nitrogen and oxygen atoms in total. The fraction of sp³-hybridized carbons (Fsp3) is 0.559. The molecule has 356 valence electrons. The van der Waals surface area contributed by atoms with Crippen LogP contribution in [0, 0.1) is 0 Å². The Morgan fingerprint density at radius 2 is 0.754 bits per heavy atom. The van der Waals surface area contributed by atoms with Crippen molar-refractivity contribution in [3.63, 3.8) is 0 Å². The van der Waals surface area contributed by atoms with Gasteiger partial charge in [-0.1, -0.05) is 204 Å². The highest BCUT2D eigenvalue weighted by molar-refractivity contribution is 5.70. The van der Waals surface area contributed by atoms with E-state index in [9.17, 15) is 9.59 Å². The lowest BCUT2D eigenvalue weighted by Crippen LogP contribution is -2.28. The molecule has 4 rings (SSSR count). The predicted molar refractivity (Wildman–Crippen MR) is 270 cm³/mol. The molecule has 0 aliphatic heterocycles. The van der Waals surface area contributed by atoms with Crippen molar-refractivity contribution < 1.29 is 28.5 Å². The van der Waals surface area contributed by atoms with Crippen LogP contribution in [0.5, 0.6) is 11.5 Å². The van der Waals surface area contributed by atoms with Gasteiger partial charge in [-0.3, -0.25) is 0 Å². The van der Waals surface area contributed by atoms with Crippen molar-refractivity contribution in [2.24, 2.45) is 0 Å². The number of ether oxygens (including phenoxy) is 4. The van der Waals surface area contributed by atoms with Crippen LogP contribution in [0.1, 0.15) is 217 Å². The molecular formula is C59H84O6. The van der Waals surface area contributed by atoms with Gasteiger partial charge in [0, 0.05) is 39.5 Å². The number of hydrogen-bond acceptors (Lipinski definition) is 6. The molecule has 0 spiro atoms. The monoisotopic (exact) mass is 889 g/mol. The summed E-state index contributed by atoms with van der Waals surface area (Å²) in [6, 6.07) is 29.7. The number of aryl methyl sites for hydroxylation is 2. The maximum absolute atomic E-state index is 13.9. The summed E-state index contributed by atoms with van der Waals surface area (Å²) in [6.45, 7) is 24.4. The molecule has 65 heavy (non-hydrogen) atoms. The van der Waals surface area contributed by atoms with E-state index >= 15 is 0 Å². The minimum absolute atomic E-state index is 0.335. The molecule has 0 aliphatic rings. The van der Waals surface area contributed by atoms with E-state index in [1.54, 1.807) is 0 Å². The highest BCUT2D eigenvalue weighted by atomic mass is 16.7. The van der Waals surface area contributed by atoms with Gasteiger partial charge >= 0.3 is 12.3 Å². The van der Waals surface area contributed by atoms with Crippen molar-refractivity contribution in [3.05, 3.63) is 129 Å². The zero-order valence-electron chi connectivity index (χ0n) is 42.6. The summed E-state index contributed by atoms with van der Waals surface area (Å²) in [5.41, 5.74) is 5.41. The van der Waals surface area contributed by atoms with Crippen molar-refractivity contribution in [3.8, 4) is 11.5 Å². The first-order valence-electron chi connectivity index (χ1n) is 25.0. The molecule has 0 saturated heterocycles. The highest BCUT2D eigenvalue weighted by Gasteiger charge is 2.34. The lowest BCUT2D eigenvalue weighted by molar-refractivity contribution is 0.0190. The third-order valence-electron chi connectivity index (χ3n) is 12.5. The summed E-state index contributed by atoms with van der Waals surface area (Å²) in [6.07, 6.45) is 17.5. The maximum atomic E-state index is 13.9. The minimum Gasteiger partial charge on any atom is -0.428 e. The lowest BCUT2D eigenvalue weighted by atomic mass is 9.74. The zero-order valence-corrected chi connectivity index (χ0v) is 42.6. The summed E-state index contributed by atoms with van der Waals surface area (Å²) < 4.78 is 24.7. The van der Waals surface area contributed by atoms with Gasteiger partial charge in [-0.25, -0.2) is 9.59 Å². The van der Waals surface area contributed by atoms with Crippen LogP contribution in [0.2, 0.25) is 0 Å². The number of carbonyl (C=O) groups excluding carboxylic acids is 2. The largest absolute Gasteiger partial charge is 0.514 e. The summed E-state index contributed by atoms with van der Waals surface area (Å²) >= 11 is 0. The van der Waals surface area contributed by atoms with Crippen molar-refractivity contribution in [1.29, 1.82) is 0 Å². The van der Waals surface area contributed by atoms with Gasteiger partial charge in [0.05, 0.1) is 0 Å². The average Bonchev–Trinajstić information content (AvgIpc) is 3.23. The van der Waals surface area contributed by atoms with Crippen LogP contribution < -0.4 is 9.47 Å². The van der Waals surface area contributed by atoms with Crippen molar-refractivity contribution in [1.82, 2.24) is 0 Å². The molecule has 0 atom stereocenters. The van der Waals surface area contributed by atoms with Crippen LogP contribution in [0.15, 0.2) is 84.9 Å². The summed E-state index contributed by atoms with van der Waals surface area (Å²) in [4.78, 5) is 27.8. The molecule has 0 radical (unpaired) electrons. The number of hydrogen-bond donors (Lipinski definition) is 0. The van der Waals surface area contributed by atoms with Crippen molar-refractivity contribution in [2.75, 3.05) is 0 Å². The predicted octanol–water partition coefficient (Wildman–Crippen LogP) is 17.1. The van der Waals surface area contributed by atoms with E-state index in [-0.39, 0.29) is 0 Å². The van der Waals surface area contributed by atoms with Crippen molar-refractivity contribution in [2.45, 2.75) is 214 Å². The van der Waals surface area contributed by atoms with Crippen LogP contribution in [0.3, 0.4) is 0 Å². The normalized spacial score (nSPS) is 12.2. The minimum atomic E-state index is -0.764. The summed E-state index contributed by atoms with van der Waals surface area (Å²) in [5, 5.41) is 0. The van der Waals surface area contributed by atoms with Gasteiger partial charge in [-0.2, -0.15) is 0 Å². The molecule has 0 aromatic heterocycles. The number of rotatable bonds is 24. The van der Waals surface area contributed by atoms with Crippen LogP contribution >= 0.6 is 0 Å². The Morgan fingerprint density at radius 3 is 1.08 bits per heavy atom. The molecule has 4 aromatic carbocycles. The molecular weight excluding hydrogens is 805 g/mol. The van der Waals surface area contributed by atoms with Gasteiger partial charge in [0.15, 0.2) is 0 Å². The van der Waals surface area contributed by atoms with Crippen LogP contribution in [-0.2, 0) is 39.6 Å². The van der Waals surface area contributed by atoms with Crippen LogP contribution in [0.4, 0.5) is 9.59 Å². The molecule has 0 amide bonds. The Balaban J connectivity index is 2.00. The second-order valence-corrected chi connectivity index (χ2v) is 21.3. The second kappa shape index (κ2) is 24.8. The first-order valence-corrected chi connectivity index (χ1v) is 25.0. The molecule has 0 unspecified atom stereocenters. The molecule has 0 heterocycles. The van der Waals surface area contributed by atoms with Crippen LogP contribution in [-0.4, -0.2) is 23.5 Å². The van der Waals surface area contributed by atoms with Gasteiger partial charge in [-0.15, -0.1) is 0 Å². The summed E-state index contributed by atoms with van der Waals surface area (Å²) in [7, 11) is 0. The van der Waals surface area contributed by atoms with Crippen molar-refractivity contribution >= 4 is 12.3 Å². The fourth-order valence-electron chi connectivity index (χ4n) is 8.74. The standard InChI is InChI=1S/C59H84O6/c1-13-15-17-19-21-23-27-33-44-39-46(52(62-54(60)64-56(3,4)5)50(41-44)58(9,10)48-35-29-25-30-36-48)43-47-40-45(34-28-24-22-20-18-16-14-2)42-51(53(47)63-55(61)65-57(6,7)8)59(11,12)49-37-31-26-32-38-49/h25-26,29-32,35-42H,13-24,27-28,33-34,43H2,1-12H3. The molecule has 0 N–H and O–H groups in total. The van der Waals surface area contributed by atoms with E-state index in [2.05, 4.69) is 114 Å². The molecule has 0 aliphatic carbocycles. The van der Waals surface area contributed by atoms with E-state index in [1.165, 1.54) is 75.3 Å². The van der Waals surface area contributed by atoms with E-state index < -0.39 is 34.3 Å². The van der Waals surface area contributed by atoms with E-state index in [1.807, 2.05) is 53.7 Å². The van der Waals surface area contributed by atoms with E-state index in [0.29, 0.717) is 17.9 Å². The quantitative estimate of drug-likeness (QED) is 0.0396. The third kappa shape index (κ3) is 17.0. The highest BCUT2D eigenvalue weighted by Crippen LogP contribution is 2.45. The van der Waals surface area contributed by atoms with Gasteiger partial charge < -0.3 is 18.9 Å². The maximum Gasteiger partial charge on any atom is 0.514 e. The molecule has 0 saturated carbocycles. The number of benzene rings is 4. The first-order chi connectivity index (χ1) is 30.7. The number of carbonyl (C=O) groups is 2. The summed E-state index contributed by atoms with van der Waals surface area (Å²) in [5.74, 6) is 0.946. The van der Waals surface area contributed by atoms with E-state index in [4.69, 9.17) is 18.9 Å². The van der Waals surface area contributed by atoms with Gasteiger partial charge in [0.1, 0.15) is 22.7 Å². The smallest absolute Gasteiger partial charge is 0.428 e. The van der Waals surface area contributed by atoms with E-state index in [0.717, 1.165) is 71.9 Å². The molecule has 4 aromatic rings.